The van der Waals surface area contributed by atoms with Crippen molar-refractivity contribution in [1.29, 1.82) is 0 Å². The Bertz CT molecular complexity index is 733. The smallest absolute Gasteiger partial charge is 0.262 e. The zero-order valence-corrected chi connectivity index (χ0v) is 14.6. The van der Waals surface area contributed by atoms with Gasteiger partial charge in [0.25, 0.3) is 5.91 Å². The van der Waals surface area contributed by atoms with Crippen molar-refractivity contribution in [2.45, 2.75) is 33.6 Å². The van der Waals surface area contributed by atoms with Crippen LogP contribution in [0.2, 0.25) is 0 Å². The summed E-state index contributed by atoms with van der Waals surface area (Å²) in [6.07, 6.45) is 0. The van der Waals surface area contributed by atoms with Gasteiger partial charge in [0.2, 0.25) is 0 Å². The van der Waals surface area contributed by atoms with Crippen molar-refractivity contribution in [3.8, 4) is 5.75 Å². The number of rotatable bonds is 6. The van der Waals surface area contributed by atoms with Crippen LogP contribution in [-0.2, 0) is 4.79 Å². The van der Waals surface area contributed by atoms with Gasteiger partial charge in [0, 0.05) is 11.3 Å². The molecular weight excluding hydrogens is 302 g/mol. The zero-order valence-electron chi connectivity index (χ0n) is 14.6. The van der Waals surface area contributed by atoms with Gasteiger partial charge in [-0.05, 0) is 61.2 Å². The van der Waals surface area contributed by atoms with Crippen LogP contribution in [0.5, 0.6) is 5.75 Å². The minimum absolute atomic E-state index is 0.00304. The molecule has 0 aliphatic heterocycles. The maximum absolute atomic E-state index is 12.0. The first-order valence-electron chi connectivity index (χ1n) is 8.01. The van der Waals surface area contributed by atoms with Crippen molar-refractivity contribution < 1.29 is 14.3 Å². The van der Waals surface area contributed by atoms with E-state index in [0.29, 0.717) is 17.2 Å². The van der Waals surface area contributed by atoms with E-state index in [9.17, 15) is 9.59 Å². The molecule has 0 saturated carbocycles. The number of ether oxygens (including phenoxy) is 1. The van der Waals surface area contributed by atoms with Gasteiger partial charge in [-0.15, -0.1) is 0 Å². The van der Waals surface area contributed by atoms with Crippen LogP contribution in [0.3, 0.4) is 0 Å². The number of carbonyl (C=O) groups excluding carboxylic acids is 2. The van der Waals surface area contributed by atoms with Gasteiger partial charge in [-0.1, -0.05) is 26.0 Å². The minimum atomic E-state index is -0.236. The summed E-state index contributed by atoms with van der Waals surface area (Å²) in [5.74, 6) is 0.890. The topological polar surface area (TPSA) is 55.4 Å². The molecule has 1 N–H and O–H groups in total. The molecule has 0 saturated heterocycles. The van der Waals surface area contributed by atoms with Crippen LogP contribution in [0, 0.1) is 6.92 Å². The van der Waals surface area contributed by atoms with Crippen molar-refractivity contribution in [1.82, 2.24) is 0 Å². The molecule has 2 aromatic carbocycles. The molecule has 2 aromatic rings. The molecule has 0 unspecified atom stereocenters. The van der Waals surface area contributed by atoms with Crippen LogP contribution in [0.25, 0.3) is 0 Å². The highest BCUT2D eigenvalue weighted by Gasteiger charge is 2.08. The van der Waals surface area contributed by atoms with E-state index in [1.807, 2.05) is 19.1 Å². The van der Waals surface area contributed by atoms with Crippen LogP contribution in [-0.4, -0.2) is 18.3 Å². The van der Waals surface area contributed by atoms with Crippen molar-refractivity contribution in [3.05, 3.63) is 59.2 Å². The summed E-state index contributed by atoms with van der Waals surface area (Å²) in [7, 11) is 0. The molecule has 0 fully saturated rings. The third kappa shape index (κ3) is 4.69. The van der Waals surface area contributed by atoms with Gasteiger partial charge >= 0.3 is 0 Å². The normalized spacial score (nSPS) is 10.5. The largest absolute Gasteiger partial charge is 0.483 e. The van der Waals surface area contributed by atoms with Crippen molar-refractivity contribution in [3.63, 3.8) is 0 Å². The van der Waals surface area contributed by atoms with Crippen LogP contribution < -0.4 is 10.1 Å². The van der Waals surface area contributed by atoms with Crippen molar-refractivity contribution >= 4 is 17.4 Å². The highest BCUT2D eigenvalue weighted by atomic mass is 16.5. The van der Waals surface area contributed by atoms with E-state index in [4.69, 9.17) is 4.74 Å². The van der Waals surface area contributed by atoms with Crippen LogP contribution in [0.15, 0.2) is 42.5 Å². The Morgan fingerprint density at radius 1 is 1.08 bits per heavy atom. The molecule has 24 heavy (non-hydrogen) atoms. The molecule has 1 amide bonds. The van der Waals surface area contributed by atoms with E-state index in [1.54, 1.807) is 24.3 Å². The molecule has 0 spiro atoms. The molecule has 4 heteroatoms. The Labute approximate surface area is 142 Å². The molecular formula is C20H23NO3. The summed E-state index contributed by atoms with van der Waals surface area (Å²) in [5, 5.41) is 2.76. The highest BCUT2D eigenvalue weighted by molar-refractivity contribution is 5.95. The number of Topliss-reactive ketones (excluding diaryl/α,β-unsaturated/α-hetero) is 1. The van der Waals surface area contributed by atoms with Crippen molar-refractivity contribution in [2.75, 3.05) is 11.9 Å². The maximum Gasteiger partial charge on any atom is 0.262 e. The lowest BCUT2D eigenvalue weighted by atomic mass is 10.0. The number of hydrogen-bond acceptors (Lipinski definition) is 3. The van der Waals surface area contributed by atoms with E-state index in [1.165, 1.54) is 12.5 Å². The van der Waals surface area contributed by atoms with Gasteiger partial charge in [0.1, 0.15) is 5.75 Å². The Morgan fingerprint density at radius 3 is 2.33 bits per heavy atom. The molecule has 0 aliphatic carbocycles. The Balaban J connectivity index is 1.96. The lowest BCUT2D eigenvalue weighted by Gasteiger charge is -2.13. The molecule has 0 radical (unpaired) electrons. The summed E-state index contributed by atoms with van der Waals surface area (Å²) in [6, 6.07) is 12.9. The monoisotopic (exact) mass is 325 g/mol. The third-order valence-corrected chi connectivity index (χ3v) is 3.81. The van der Waals surface area contributed by atoms with Gasteiger partial charge < -0.3 is 10.1 Å². The molecule has 0 heterocycles. The summed E-state index contributed by atoms with van der Waals surface area (Å²) in [6.45, 7) is 7.64. The molecule has 0 bridgehead atoms. The van der Waals surface area contributed by atoms with Gasteiger partial charge in [0.05, 0.1) is 0 Å². The summed E-state index contributed by atoms with van der Waals surface area (Å²) in [5.41, 5.74) is 3.43. The van der Waals surface area contributed by atoms with Gasteiger partial charge in [-0.2, -0.15) is 0 Å². The van der Waals surface area contributed by atoms with E-state index < -0.39 is 0 Å². The second-order valence-electron chi connectivity index (χ2n) is 6.15. The number of benzene rings is 2. The lowest BCUT2D eigenvalue weighted by molar-refractivity contribution is -0.118. The van der Waals surface area contributed by atoms with Gasteiger partial charge in [0.15, 0.2) is 12.4 Å². The fourth-order valence-electron chi connectivity index (χ4n) is 2.26. The van der Waals surface area contributed by atoms with Gasteiger partial charge in [-0.3, -0.25) is 9.59 Å². The number of hydrogen-bond donors (Lipinski definition) is 1. The van der Waals surface area contributed by atoms with Crippen LogP contribution in [0.1, 0.15) is 48.2 Å². The molecule has 2 rings (SSSR count). The summed E-state index contributed by atoms with van der Waals surface area (Å²) < 4.78 is 5.66. The third-order valence-electron chi connectivity index (χ3n) is 3.81. The first-order valence-corrected chi connectivity index (χ1v) is 8.01. The number of carbonyl (C=O) groups is 2. The predicted molar refractivity (Wildman–Crippen MR) is 95.8 cm³/mol. The number of aryl methyl sites for hydroxylation is 1. The van der Waals surface area contributed by atoms with Crippen molar-refractivity contribution in [2.24, 2.45) is 0 Å². The maximum atomic E-state index is 12.0. The molecule has 0 atom stereocenters. The van der Waals surface area contributed by atoms with Crippen LogP contribution >= 0.6 is 0 Å². The van der Waals surface area contributed by atoms with E-state index >= 15 is 0 Å². The Morgan fingerprint density at radius 2 is 1.75 bits per heavy atom. The number of nitrogens with one attached hydrogen (secondary N) is 1. The second kappa shape index (κ2) is 7.77. The van der Waals surface area contributed by atoms with E-state index in [-0.39, 0.29) is 18.3 Å². The summed E-state index contributed by atoms with van der Waals surface area (Å²) in [4.78, 5) is 23.3. The Hall–Kier alpha value is -2.62. The first kappa shape index (κ1) is 17.7. The molecule has 4 nitrogen and oxygen atoms in total. The number of ketones is 1. The fourth-order valence-corrected chi connectivity index (χ4v) is 2.26. The number of anilines is 1. The SMILES string of the molecule is CC(=O)c1ccc(NC(=O)COc2cc(C(C)C)ccc2C)cc1. The summed E-state index contributed by atoms with van der Waals surface area (Å²) >= 11 is 0. The predicted octanol–water partition coefficient (Wildman–Crippen LogP) is 4.34. The number of amides is 1. The molecule has 0 aromatic heterocycles. The average Bonchev–Trinajstić information content (AvgIpc) is 2.54. The van der Waals surface area contributed by atoms with E-state index in [0.717, 1.165) is 11.3 Å². The highest BCUT2D eigenvalue weighted by Crippen LogP contribution is 2.24. The molecule has 126 valence electrons. The van der Waals surface area contributed by atoms with Crippen LogP contribution in [0.4, 0.5) is 5.69 Å². The fraction of sp³-hybridized carbons (Fsp3) is 0.300. The zero-order chi connectivity index (χ0) is 17.7. The minimum Gasteiger partial charge on any atom is -0.483 e. The Kier molecular flexibility index (Phi) is 5.74. The average molecular weight is 325 g/mol. The van der Waals surface area contributed by atoms with Gasteiger partial charge in [-0.25, -0.2) is 0 Å². The second-order valence-corrected chi connectivity index (χ2v) is 6.15. The lowest BCUT2D eigenvalue weighted by Crippen LogP contribution is -2.20. The standard InChI is InChI=1S/C20H23NO3/c1-13(2)17-6-5-14(3)19(11-17)24-12-20(23)21-18-9-7-16(8-10-18)15(4)22/h5-11,13H,12H2,1-4H3,(H,21,23). The quantitative estimate of drug-likeness (QED) is 0.804. The molecule has 0 aliphatic rings. The van der Waals surface area contributed by atoms with E-state index in [2.05, 4.69) is 25.2 Å². The first-order chi connectivity index (χ1) is 11.4.